The van der Waals surface area contributed by atoms with Gasteiger partial charge in [0.15, 0.2) is 6.10 Å². The van der Waals surface area contributed by atoms with Crippen LogP contribution in [0.25, 0.3) is 0 Å². The van der Waals surface area contributed by atoms with Gasteiger partial charge < -0.3 is 14.6 Å². The minimum absolute atomic E-state index is 0.150. The van der Waals surface area contributed by atoms with Crippen molar-refractivity contribution in [3.8, 4) is 0 Å². The molecule has 1 unspecified atom stereocenters. The number of methoxy groups -OCH3 is 1. The third-order valence-corrected chi connectivity index (χ3v) is 3.37. The molecule has 0 heterocycles. The van der Waals surface area contributed by atoms with Crippen LogP contribution in [0.5, 0.6) is 0 Å². The standard InChI is InChI=1S/C16H24O4/c1-5-20-15(18)14(17)13-8-6-12(7-9-13)10-11-16(2,3)19-4/h6-9,14,17H,5,10-11H2,1-4H3. The molecule has 20 heavy (non-hydrogen) atoms. The predicted octanol–water partition coefficient (Wildman–Crippen LogP) is 2.64. The molecule has 1 aromatic rings. The van der Waals surface area contributed by atoms with Crippen molar-refractivity contribution in [1.82, 2.24) is 0 Å². The second kappa shape index (κ2) is 7.41. The van der Waals surface area contributed by atoms with E-state index < -0.39 is 12.1 Å². The van der Waals surface area contributed by atoms with E-state index in [0.29, 0.717) is 5.56 Å². The van der Waals surface area contributed by atoms with Crippen molar-refractivity contribution in [2.24, 2.45) is 0 Å². The average Bonchev–Trinajstić information content (AvgIpc) is 2.45. The fourth-order valence-corrected chi connectivity index (χ4v) is 1.77. The highest BCUT2D eigenvalue weighted by Gasteiger charge is 2.19. The molecule has 0 spiro atoms. The largest absolute Gasteiger partial charge is 0.464 e. The Morgan fingerprint density at radius 3 is 2.40 bits per heavy atom. The molecule has 112 valence electrons. The summed E-state index contributed by atoms with van der Waals surface area (Å²) in [6.45, 7) is 6.07. The van der Waals surface area contributed by atoms with Crippen LogP contribution < -0.4 is 0 Å². The van der Waals surface area contributed by atoms with E-state index in [9.17, 15) is 9.90 Å². The van der Waals surface area contributed by atoms with Gasteiger partial charge in [-0.05, 0) is 44.7 Å². The van der Waals surface area contributed by atoms with Crippen LogP contribution in [0.2, 0.25) is 0 Å². The Morgan fingerprint density at radius 1 is 1.30 bits per heavy atom. The van der Waals surface area contributed by atoms with Gasteiger partial charge in [0.05, 0.1) is 12.2 Å². The molecule has 1 N–H and O–H groups in total. The Morgan fingerprint density at radius 2 is 1.90 bits per heavy atom. The molecule has 0 radical (unpaired) electrons. The summed E-state index contributed by atoms with van der Waals surface area (Å²) in [7, 11) is 1.71. The number of carbonyl (C=O) groups is 1. The summed E-state index contributed by atoms with van der Waals surface area (Å²) in [6, 6.07) is 7.36. The van der Waals surface area contributed by atoms with Gasteiger partial charge in [0.1, 0.15) is 0 Å². The van der Waals surface area contributed by atoms with Gasteiger partial charge in [-0.25, -0.2) is 4.79 Å². The minimum atomic E-state index is -1.21. The second-order valence-electron chi connectivity index (χ2n) is 5.36. The van der Waals surface area contributed by atoms with Gasteiger partial charge >= 0.3 is 5.97 Å². The van der Waals surface area contributed by atoms with Crippen molar-refractivity contribution in [3.05, 3.63) is 35.4 Å². The van der Waals surface area contributed by atoms with Gasteiger partial charge in [0.25, 0.3) is 0 Å². The van der Waals surface area contributed by atoms with E-state index in [2.05, 4.69) is 0 Å². The molecule has 4 nitrogen and oxygen atoms in total. The quantitative estimate of drug-likeness (QED) is 0.780. The van der Waals surface area contributed by atoms with Crippen LogP contribution >= 0.6 is 0 Å². The Balaban J connectivity index is 2.62. The summed E-state index contributed by atoms with van der Waals surface area (Å²) in [5.41, 5.74) is 1.55. The lowest BCUT2D eigenvalue weighted by atomic mass is 9.97. The van der Waals surface area contributed by atoms with Gasteiger partial charge in [-0.2, -0.15) is 0 Å². The van der Waals surface area contributed by atoms with E-state index in [1.165, 1.54) is 0 Å². The van der Waals surface area contributed by atoms with Crippen LogP contribution in [0, 0.1) is 0 Å². The molecular weight excluding hydrogens is 256 g/mol. The van der Waals surface area contributed by atoms with Crippen molar-refractivity contribution in [2.45, 2.75) is 45.3 Å². The van der Waals surface area contributed by atoms with Crippen molar-refractivity contribution in [1.29, 1.82) is 0 Å². The first-order chi connectivity index (χ1) is 9.39. The fourth-order valence-electron chi connectivity index (χ4n) is 1.77. The van der Waals surface area contributed by atoms with Crippen molar-refractivity contribution < 1.29 is 19.4 Å². The molecule has 0 aliphatic rings. The lowest BCUT2D eigenvalue weighted by Crippen LogP contribution is -2.23. The number of esters is 1. The highest BCUT2D eigenvalue weighted by molar-refractivity contribution is 5.76. The van der Waals surface area contributed by atoms with Crippen LogP contribution in [-0.2, 0) is 20.7 Å². The average molecular weight is 280 g/mol. The number of aliphatic hydroxyl groups is 1. The normalized spacial score (nSPS) is 13.1. The first-order valence-electron chi connectivity index (χ1n) is 6.88. The lowest BCUT2D eigenvalue weighted by Gasteiger charge is -2.22. The molecule has 0 saturated heterocycles. The first kappa shape index (κ1) is 16.7. The monoisotopic (exact) mass is 280 g/mol. The van der Waals surface area contributed by atoms with Crippen molar-refractivity contribution >= 4 is 5.97 Å². The van der Waals surface area contributed by atoms with Crippen LogP contribution in [0.15, 0.2) is 24.3 Å². The van der Waals surface area contributed by atoms with Gasteiger partial charge in [-0.15, -0.1) is 0 Å². The molecule has 0 aromatic heterocycles. The summed E-state index contributed by atoms with van der Waals surface area (Å²) in [5, 5.41) is 9.81. The van der Waals surface area contributed by atoms with Crippen molar-refractivity contribution in [2.75, 3.05) is 13.7 Å². The lowest BCUT2D eigenvalue weighted by molar-refractivity contribution is -0.153. The van der Waals surface area contributed by atoms with Crippen LogP contribution in [-0.4, -0.2) is 30.4 Å². The number of benzene rings is 1. The number of ether oxygens (including phenoxy) is 2. The Bertz CT molecular complexity index is 423. The smallest absolute Gasteiger partial charge is 0.339 e. The maximum absolute atomic E-state index is 11.4. The number of carbonyl (C=O) groups excluding carboxylic acids is 1. The molecule has 0 fully saturated rings. The highest BCUT2D eigenvalue weighted by Crippen LogP contribution is 2.19. The summed E-state index contributed by atoms with van der Waals surface area (Å²) in [4.78, 5) is 11.4. The highest BCUT2D eigenvalue weighted by atomic mass is 16.5. The molecule has 0 aliphatic heterocycles. The van der Waals surface area contributed by atoms with Gasteiger partial charge in [-0.3, -0.25) is 0 Å². The number of rotatable bonds is 7. The van der Waals surface area contributed by atoms with Crippen LogP contribution in [0.4, 0.5) is 0 Å². The summed E-state index contributed by atoms with van der Waals surface area (Å²) < 4.78 is 10.2. The zero-order chi connectivity index (χ0) is 15.2. The zero-order valence-electron chi connectivity index (χ0n) is 12.7. The molecule has 0 bridgehead atoms. The van der Waals surface area contributed by atoms with E-state index in [-0.39, 0.29) is 12.2 Å². The van der Waals surface area contributed by atoms with E-state index in [1.54, 1.807) is 26.2 Å². The van der Waals surface area contributed by atoms with Gasteiger partial charge in [0.2, 0.25) is 0 Å². The molecule has 0 aliphatic carbocycles. The maximum Gasteiger partial charge on any atom is 0.339 e. The Labute approximate surface area is 120 Å². The Hall–Kier alpha value is -1.39. The third kappa shape index (κ3) is 4.94. The summed E-state index contributed by atoms with van der Waals surface area (Å²) in [5.74, 6) is -0.610. The molecule has 0 amide bonds. The zero-order valence-corrected chi connectivity index (χ0v) is 12.7. The molecule has 4 heteroatoms. The second-order valence-corrected chi connectivity index (χ2v) is 5.36. The third-order valence-electron chi connectivity index (χ3n) is 3.37. The SMILES string of the molecule is CCOC(=O)C(O)c1ccc(CCC(C)(C)OC)cc1. The summed E-state index contributed by atoms with van der Waals surface area (Å²) in [6.07, 6.45) is 0.583. The molecule has 0 saturated carbocycles. The number of hydrogen-bond donors (Lipinski definition) is 1. The number of hydrogen-bond acceptors (Lipinski definition) is 4. The summed E-state index contributed by atoms with van der Waals surface area (Å²) >= 11 is 0. The van der Waals surface area contributed by atoms with E-state index in [1.807, 2.05) is 26.0 Å². The molecular formula is C16H24O4. The molecule has 1 aromatic carbocycles. The topological polar surface area (TPSA) is 55.8 Å². The van der Waals surface area contributed by atoms with E-state index >= 15 is 0 Å². The maximum atomic E-state index is 11.4. The van der Waals surface area contributed by atoms with Crippen molar-refractivity contribution in [3.63, 3.8) is 0 Å². The fraction of sp³-hybridized carbons (Fsp3) is 0.562. The predicted molar refractivity (Wildman–Crippen MR) is 77.4 cm³/mol. The molecule has 1 rings (SSSR count). The first-order valence-corrected chi connectivity index (χ1v) is 6.88. The Kier molecular flexibility index (Phi) is 6.17. The van der Waals surface area contributed by atoms with Gasteiger partial charge in [0, 0.05) is 7.11 Å². The minimum Gasteiger partial charge on any atom is -0.464 e. The van der Waals surface area contributed by atoms with E-state index in [0.717, 1.165) is 18.4 Å². The van der Waals surface area contributed by atoms with E-state index in [4.69, 9.17) is 9.47 Å². The van der Waals surface area contributed by atoms with Gasteiger partial charge in [-0.1, -0.05) is 24.3 Å². The number of aliphatic hydroxyl groups excluding tert-OH is 1. The molecule has 1 atom stereocenters. The van der Waals surface area contributed by atoms with Crippen LogP contribution in [0.3, 0.4) is 0 Å². The van der Waals surface area contributed by atoms with Crippen LogP contribution in [0.1, 0.15) is 44.4 Å². The number of aryl methyl sites for hydroxylation is 1.